The average molecular weight is 590 g/mol. The smallest absolute Gasteiger partial charge is 0.269 e. The Bertz CT molecular complexity index is 1880. The van der Waals surface area contributed by atoms with Crippen LogP contribution >= 0.6 is 11.6 Å². The van der Waals surface area contributed by atoms with Crippen LogP contribution in [0.1, 0.15) is 38.8 Å². The minimum Gasteiger partial charge on any atom is -0.352 e. The number of rotatable bonds is 5. The Labute approximate surface area is 251 Å². The predicted molar refractivity (Wildman–Crippen MR) is 164 cm³/mol. The summed E-state index contributed by atoms with van der Waals surface area (Å²) >= 11 is 6.16. The molecule has 0 radical (unpaired) electrons. The number of non-ortho nitro benzene ring substituents is 1. The van der Waals surface area contributed by atoms with E-state index in [0.717, 1.165) is 16.8 Å². The molecule has 8 nitrogen and oxygen atoms in total. The highest BCUT2D eigenvalue weighted by Crippen LogP contribution is 2.58. The number of nitrogens with one attached hydrogen (secondary N) is 1. The average Bonchev–Trinajstić information content (AvgIpc) is 3.49. The van der Waals surface area contributed by atoms with Gasteiger partial charge in [0, 0.05) is 45.2 Å². The van der Waals surface area contributed by atoms with E-state index in [1.165, 1.54) is 24.3 Å². The van der Waals surface area contributed by atoms with Crippen molar-refractivity contribution < 1.29 is 19.3 Å². The lowest BCUT2D eigenvalue weighted by Crippen LogP contribution is -2.51. The number of nitrogens with zero attached hydrogens (tertiary/aromatic N) is 2. The number of carbonyl (C=O) groups excluding carboxylic acids is 3. The van der Waals surface area contributed by atoms with Crippen LogP contribution in [-0.2, 0) is 10.2 Å². The lowest BCUT2D eigenvalue weighted by Gasteiger charge is -2.39. The highest BCUT2D eigenvalue weighted by Gasteiger charge is 2.70. The summed E-state index contributed by atoms with van der Waals surface area (Å²) < 4.78 is 0. The second kappa shape index (κ2) is 9.74. The number of para-hydroxylation sites is 2. The van der Waals surface area contributed by atoms with Gasteiger partial charge in [-0.25, -0.2) is 0 Å². The van der Waals surface area contributed by atoms with Crippen molar-refractivity contribution in [2.45, 2.75) is 24.4 Å². The van der Waals surface area contributed by atoms with Crippen molar-refractivity contribution in [1.29, 1.82) is 0 Å². The summed E-state index contributed by atoms with van der Waals surface area (Å²) in [4.78, 5) is 56.6. The van der Waals surface area contributed by atoms with Gasteiger partial charge in [0.25, 0.3) is 5.69 Å². The quantitative estimate of drug-likeness (QED) is 0.162. The molecule has 3 aliphatic rings. The molecule has 0 aromatic heterocycles. The molecule has 0 bridgehead atoms. The van der Waals surface area contributed by atoms with E-state index in [9.17, 15) is 24.5 Å². The number of nitro groups is 1. The lowest BCUT2D eigenvalue weighted by atomic mass is 9.64. The third kappa shape index (κ3) is 3.79. The Kier molecular flexibility index (Phi) is 6.07. The minimum absolute atomic E-state index is 0.155. The van der Waals surface area contributed by atoms with E-state index in [-0.39, 0.29) is 22.9 Å². The third-order valence-electron chi connectivity index (χ3n) is 8.93. The minimum atomic E-state index is -1.46. The molecule has 9 heteroatoms. The number of hydrogen-bond donors (Lipinski definition) is 1. The van der Waals surface area contributed by atoms with Crippen molar-refractivity contribution in [3.63, 3.8) is 0 Å². The Morgan fingerprint density at radius 3 is 2.23 bits per heavy atom. The van der Waals surface area contributed by atoms with Crippen LogP contribution in [0.4, 0.5) is 17.1 Å². The van der Waals surface area contributed by atoms with Crippen LogP contribution < -0.4 is 10.2 Å². The molecule has 1 saturated heterocycles. The number of carbonyl (C=O) groups is 3. The molecule has 1 N–H and O–H groups in total. The fourth-order valence-electron chi connectivity index (χ4n) is 7.10. The first-order valence-electron chi connectivity index (χ1n) is 13.8. The monoisotopic (exact) mass is 589 g/mol. The van der Waals surface area contributed by atoms with Gasteiger partial charge in [0.2, 0.25) is 5.91 Å². The van der Waals surface area contributed by atoms with Gasteiger partial charge in [-0.3, -0.25) is 24.5 Å². The van der Waals surface area contributed by atoms with E-state index in [1.54, 1.807) is 30.3 Å². The van der Waals surface area contributed by atoms with Gasteiger partial charge in [-0.1, -0.05) is 54.1 Å². The largest absolute Gasteiger partial charge is 0.352 e. The number of fused-ring (bicyclic) bond motifs is 6. The Balaban J connectivity index is 1.53. The van der Waals surface area contributed by atoms with E-state index >= 15 is 0 Å². The summed E-state index contributed by atoms with van der Waals surface area (Å²) in [5.74, 6) is -2.30. The van der Waals surface area contributed by atoms with Crippen molar-refractivity contribution in [3.8, 4) is 0 Å². The summed E-state index contributed by atoms with van der Waals surface area (Å²) in [6.45, 7) is 1.96. The van der Waals surface area contributed by atoms with Crippen LogP contribution in [0.25, 0.3) is 5.57 Å². The fourth-order valence-corrected chi connectivity index (χ4v) is 7.23. The van der Waals surface area contributed by atoms with E-state index in [0.29, 0.717) is 21.8 Å². The molecule has 4 aromatic carbocycles. The number of amides is 1. The molecule has 4 aromatic rings. The van der Waals surface area contributed by atoms with Crippen LogP contribution in [-0.4, -0.2) is 34.5 Å². The highest BCUT2D eigenvalue weighted by atomic mass is 35.5. The zero-order valence-electron chi connectivity index (χ0n) is 22.9. The maximum atomic E-state index is 14.8. The third-order valence-corrected chi connectivity index (χ3v) is 9.18. The second-order valence-corrected chi connectivity index (χ2v) is 11.5. The zero-order chi connectivity index (χ0) is 30.0. The molecule has 3 aliphatic heterocycles. The molecule has 1 spiro atoms. The SMILES string of the molecule is CC1=C[C@@H]2N(c3ccccc31)[C@H](C(=O)c1ccc([N+](=O)[O-])cc1)[C@@H](C(=O)c1ccc(Cl)cc1)[C@]21C(=O)Nc2ccccc21. The number of allylic oxidation sites excluding steroid dienone is 1. The molecular formula is C34H24ClN3O5. The summed E-state index contributed by atoms with van der Waals surface area (Å²) in [6.07, 6.45) is 1.98. The number of anilines is 2. The van der Waals surface area contributed by atoms with Crippen molar-refractivity contribution >= 4 is 51.7 Å². The Morgan fingerprint density at radius 2 is 1.51 bits per heavy atom. The van der Waals surface area contributed by atoms with Gasteiger partial charge < -0.3 is 10.2 Å². The maximum Gasteiger partial charge on any atom is 0.269 e. The van der Waals surface area contributed by atoms with Crippen LogP contribution in [0.3, 0.4) is 0 Å². The summed E-state index contributed by atoms with van der Waals surface area (Å²) in [5, 5.41) is 14.8. The normalized spacial score (nSPS) is 23.2. The van der Waals surface area contributed by atoms with Crippen LogP contribution in [0.5, 0.6) is 0 Å². The van der Waals surface area contributed by atoms with Crippen LogP contribution in [0.2, 0.25) is 5.02 Å². The molecule has 0 saturated carbocycles. The topological polar surface area (TPSA) is 110 Å². The second-order valence-electron chi connectivity index (χ2n) is 11.0. The number of ketones is 2. The van der Waals surface area contributed by atoms with E-state index in [1.807, 2.05) is 60.4 Å². The molecule has 212 valence electrons. The molecule has 43 heavy (non-hydrogen) atoms. The molecule has 7 rings (SSSR count). The van der Waals surface area contributed by atoms with E-state index in [2.05, 4.69) is 5.32 Å². The summed E-state index contributed by atoms with van der Waals surface area (Å²) in [6, 6.07) is 24.9. The van der Waals surface area contributed by atoms with Crippen molar-refractivity contribution in [2.75, 3.05) is 10.2 Å². The first-order valence-corrected chi connectivity index (χ1v) is 14.2. The number of Topliss-reactive ketones (excluding diaryl/α,β-unsaturated/α-hetero) is 2. The van der Waals surface area contributed by atoms with Crippen LogP contribution in [0, 0.1) is 16.0 Å². The lowest BCUT2D eigenvalue weighted by molar-refractivity contribution is -0.384. The molecule has 1 fully saturated rings. The van der Waals surface area contributed by atoms with Gasteiger partial charge in [-0.15, -0.1) is 0 Å². The predicted octanol–water partition coefficient (Wildman–Crippen LogP) is 6.49. The molecule has 3 heterocycles. The number of hydrogen-bond acceptors (Lipinski definition) is 6. The van der Waals surface area contributed by atoms with Crippen molar-refractivity contribution in [1.82, 2.24) is 0 Å². The van der Waals surface area contributed by atoms with Crippen molar-refractivity contribution in [3.05, 3.63) is 141 Å². The van der Waals surface area contributed by atoms with Crippen LogP contribution in [0.15, 0.2) is 103 Å². The first-order chi connectivity index (χ1) is 20.7. The van der Waals surface area contributed by atoms with Gasteiger partial charge in [0.05, 0.1) is 16.9 Å². The van der Waals surface area contributed by atoms with Gasteiger partial charge in [0.15, 0.2) is 11.6 Å². The van der Waals surface area contributed by atoms with Gasteiger partial charge in [0.1, 0.15) is 11.5 Å². The van der Waals surface area contributed by atoms with E-state index < -0.39 is 34.1 Å². The number of benzene rings is 4. The summed E-state index contributed by atoms with van der Waals surface area (Å²) in [5.41, 5.74) is 2.70. The molecule has 0 unspecified atom stereocenters. The van der Waals surface area contributed by atoms with Gasteiger partial charge >= 0.3 is 0 Å². The zero-order valence-corrected chi connectivity index (χ0v) is 23.6. The standard InChI is InChI=1S/C34H24ClN3O5/c1-19-18-28-34(25-7-3-4-8-26(25)36-33(34)41)29(31(39)20-10-14-22(35)15-11-20)30(37(28)27-9-5-2-6-24(19)27)32(40)21-12-16-23(17-13-21)38(42)43/h2-18,28-30H,1H3,(H,36,41)/t28-,29-,30-,34+/m0/s1. The van der Waals surface area contributed by atoms with E-state index in [4.69, 9.17) is 11.6 Å². The van der Waals surface area contributed by atoms with Gasteiger partial charge in [-0.05, 0) is 66.6 Å². The van der Waals surface area contributed by atoms with Gasteiger partial charge in [-0.2, -0.15) is 0 Å². The first kappa shape index (κ1) is 26.8. The molecule has 0 aliphatic carbocycles. The summed E-state index contributed by atoms with van der Waals surface area (Å²) in [7, 11) is 0. The number of halogens is 1. The Morgan fingerprint density at radius 1 is 0.884 bits per heavy atom. The molecular weight excluding hydrogens is 566 g/mol. The fraction of sp³-hybridized carbons (Fsp3) is 0.147. The molecule has 1 amide bonds. The highest BCUT2D eigenvalue weighted by molar-refractivity contribution is 6.30. The maximum absolute atomic E-state index is 14.8. The van der Waals surface area contributed by atoms with Crippen molar-refractivity contribution in [2.24, 2.45) is 5.92 Å². The molecule has 4 atom stereocenters. The Hall–Kier alpha value is -5.08. The number of nitro benzene ring substituents is 1.